The first kappa shape index (κ1) is 29.4. The van der Waals surface area contributed by atoms with Crippen LogP contribution < -0.4 is 0 Å². The van der Waals surface area contributed by atoms with E-state index in [1.807, 2.05) is 0 Å². The van der Waals surface area contributed by atoms with Crippen LogP contribution in [0.2, 0.25) is 0 Å². The van der Waals surface area contributed by atoms with Crippen LogP contribution in [-0.4, -0.2) is 47.4 Å². The van der Waals surface area contributed by atoms with Gasteiger partial charge in [-0.25, -0.2) is 0 Å². The van der Waals surface area contributed by atoms with E-state index < -0.39 is 0 Å². The monoisotopic (exact) mass is 218 g/mol. The molecule has 4 N–H and O–H groups in total. The summed E-state index contributed by atoms with van der Waals surface area (Å²) in [5.41, 5.74) is 0. The van der Waals surface area contributed by atoms with E-state index >= 15 is 0 Å². The van der Waals surface area contributed by atoms with Gasteiger partial charge in [0.25, 0.3) is 0 Å². The Balaban J connectivity index is -0.0000000179. The van der Waals surface area contributed by atoms with Crippen LogP contribution in [0.15, 0.2) is 0 Å². The van der Waals surface area contributed by atoms with Gasteiger partial charge in [0.1, 0.15) is 0 Å². The van der Waals surface area contributed by atoms with Crippen LogP contribution in [0, 0.1) is 0 Å². The SMILES string of the molecule is CCO.CCO.CCO.CO.[Ti]. The van der Waals surface area contributed by atoms with Crippen LogP contribution in [0.25, 0.3) is 0 Å². The van der Waals surface area contributed by atoms with E-state index in [1.165, 1.54) is 0 Å². The molecule has 0 unspecified atom stereocenters. The summed E-state index contributed by atoms with van der Waals surface area (Å²) >= 11 is 0. The summed E-state index contributed by atoms with van der Waals surface area (Å²) in [7, 11) is 1.00. The Bertz CT molecular complexity index is 20.1. The summed E-state index contributed by atoms with van der Waals surface area (Å²) in [6.45, 7) is 5.79. The van der Waals surface area contributed by atoms with E-state index in [0.29, 0.717) is 0 Å². The third-order valence-electron chi connectivity index (χ3n) is 0. The maximum atomic E-state index is 7.57. The van der Waals surface area contributed by atoms with Crippen LogP contribution in [0.1, 0.15) is 20.8 Å². The zero-order valence-corrected chi connectivity index (χ0v) is 9.97. The molecule has 0 aromatic rings. The van der Waals surface area contributed by atoms with Gasteiger partial charge in [-0.15, -0.1) is 0 Å². The number of hydrogen-bond donors (Lipinski definition) is 4. The largest absolute Gasteiger partial charge is 0.400 e. The standard InChI is InChI=1S/3C2H6O.CH4O.Ti/c3*1-2-3;1-2;/h3*3H,2H2,1H3;2H,1H3;. The molecule has 12 heavy (non-hydrogen) atoms. The number of hydrogen-bond acceptors (Lipinski definition) is 4. The van der Waals surface area contributed by atoms with Crippen LogP contribution >= 0.6 is 0 Å². The van der Waals surface area contributed by atoms with E-state index in [9.17, 15) is 0 Å². The Morgan fingerprint density at radius 2 is 0.667 bits per heavy atom. The summed E-state index contributed by atoms with van der Waals surface area (Å²) < 4.78 is 0. The fraction of sp³-hybridized carbons (Fsp3) is 1.00. The third kappa shape index (κ3) is 3140. The molecule has 0 fully saturated rings. The molecule has 0 saturated heterocycles. The summed E-state index contributed by atoms with van der Waals surface area (Å²) in [5, 5.41) is 29.7. The van der Waals surface area contributed by atoms with Crippen molar-refractivity contribution in [1.29, 1.82) is 0 Å². The van der Waals surface area contributed by atoms with Gasteiger partial charge >= 0.3 is 0 Å². The number of aliphatic hydroxyl groups excluding tert-OH is 4. The smallest absolute Gasteiger partial charge is 0.0402 e. The van der Waals surface area contributed by atoms with Crippen molar-refractivity contribution in [1.82, 2.24) is 0 Å². The quantitative estimate of drug-likeness (QED) is 0.417. The Kier molecular flexibility index (Phi) is 249. The Morgan fingerprint density at radius 3 is 0.667 bits per heavy atom. The second-order valence-electron chi connectivity index (χ2n) is 0.949. The second-order valence-corrected chi connectivity index (χ2v) is 0.949. The first-order valence-corrected chi connectivity index (χ1v) is 3.52. The van der Waals surface area contributed by atoms with Gasteiger partial charge in [-0.05, 0) is 20.8 Å². The molecule has 0 amide bonds. The molecule has 0 saturated carbocycles. The minimum Gasteiger partial charge on any atom is -0.400 e. The zero-order valence-electron chi connectivity index (χ0n) is 8.41. The predicted molar refractivity (Wildman–Crippen MR) is 46.4 cm³/mol. The Hall–Kier alpha value is 0.554. The molecule has 0 spiro atoms. The van der Waals surface area contributed by atoms with E-state index in [0.717, 1.165) is 7.11 Å². The van der Waals surface area contributed by atoms with Crippen molar-refractivity contribution in [2.45, 2.75) is 20.8 Å². The predicted octanol–water partition coefficient (Wildman–Crippen LogP) is -0.398. The van der Waals surface area contributed by atoms with Crippen molar-refractivity contribution in [2.75, 3.05) is 26.9 Å². The molecule has 0 aromatic carbocycles. The summed E-state index contributed by atoms with van der Waals surface area (Å²) in [5.74, 6) is 0. The van der Waals surface area contributed by atoms with Gasteiger partial charge in [0.2, 0.25) is 0 Å². The van der Waals surface area contributed by atoms with Crippen LogP contribution in [0.3, 0.4) is 0 Å². The van der Waals surface area contributed by atoms with Gasteiger partial charge in [0.05, 0.1) is 0 Å². The van der Waals surface area contributed by atoms with Crippen molar-refractivity contribution in [3.63, 3.8) is 0 Å². The maximum absolute atomic E-state index is 7.57. The topological polar surface area (TPSA) is 80.9 Å². The molecule has 5 heteroatoms. The molecular formula is C7H22O4Ti. The first-order valence-electron chi connectivity index (χ1n) is 3.52. The van der Waals surface area contributed by atoms with Crippen molar-refractivity contribution in [3.8, 4) is 0 Å². The van der Waals surface area contributed by atoms with Gasteiger partial charge in [-0.2, -0.15) is 0 Å². The van der Waals surface area contributed by atoms with Gasteiger partial charge in [-0.1, -0.05) is 0 Å². The molecule has 0 aliphatic heterocycles. The van der Waals surface area contributed by atoms with E-state index in [-0.39, 0.29) is 41.5 Å². The summed E-state index contributed by atoms with van der Waals surface area (Å²) in [6.07, 6.45) is 0. The Labute approximate surface area is 90.1 Å². The minimum absolute atomic E-state index is 0. The van der Waals surface area contributed by atoms with Gasteiger partial charge in [-0.3, -0.25) is 0 Å². The van der Waals surface area contributed by atoms with Gasteiger partial charge in [0, 0.05) is 48.6 Å². The molecule has 78 valence electrons. The van der Waals surface area contributed by atoms with Crippen LogP contribution in [0.5, 0.6) is 0 Å². The van der Waals surface area contributed by atoms with E-state index in [1.54, 1.807) is 20.8 Å². The van der Waals surface area contributed by atoms with Crippen molar-refractivity contribution < 1.29 is 42.1 Å². The second kappa shape index (κ2) is 102. The Morgan fingerprint density at radius 1 is 0.667 bits per heavy atom. The molecule has 0 radical (unpaired) electrons. The molecule has 0 atom stereocenters. The minimum atomic E-state index is 0. The first-order chi connectivity index (χ1) is 5.24. The number of aliphatic hydroxyl groups is 4. The van der Waals surface area contributed by atoms with Gasteiger partial charge < -0.3 is 20.4 Å². The average Bonchev–Trinajstić information content (AvgIpc) is 1.96. The van der Waals surface area contributed by atoms with Crippen molar-refractivity contribution in [2.24, 2.45) is 0 Å². The average molecular weight is 218 g/mol. The van der Waals surface area contributed by atoms with Gasteiger partial charge in [0.15, 0.2) is 0 Å². The molecule has 0 heterocycles. The van der Waals surface area contributed by atoms with Crippen molar-refractivity contribution in [3.05, 3.63) is 0 Å². The van der Waals surface area contributed by atoms with Crippen LogP contribution in [-0.2, 0) is 21.7 Å². The molecule has 4 nitrogen and oxygen atoms in total. The van der Waals surface area contributed by atoms with Crippen LogP contribution in [0.4, 0.5) is 0 Å². The molecule has 0 aliphatic rings. The molecule has 0 bridgehead atoms. The van der Waals surface area contributed by atoms with E-state index in [4.69, 9.17) is 20.4 Å². The fourth-order valence-corrected chi connectivity index (χ4v) is 0. The number of rotatable bonds is 0. The molecule has 0 aliphatic carbocycles. The van der Waals surface area contributed by atoms with Crippen molar-refractivity contribution >= 4 is 0 Å². The summed E-state index contributed by atoms with van der Waals surface area (Å²) in [6, 6.07) is 0. The fourth-order valence-electron chi connectivity index (χ4n) is 0. The third-order valence-corrected chi connectivity index (χ3v) is 0. The molecular weight excluding hydrogens is 196 g/mol. The zero-order chi connectivity index (χ0) is 10.1. The molecule has 0 aromatic heterocycles. The van der Waals surface area contributed by atoms with E-state index in [2.05, 4.69) is 0 Å². The molecule has 0 rings (SSSR count). The normalized spacial score (nSPS) is 5.00. The summed E-state index contributed by atoms with van der Waals surface area (Å²) in [4.78, 5) is 0. The maximum Gasteiger partial charge on any atom is 0.0402 e.